The Morgan fingerprint density at radius 1 is 1.27 bits per heavy atom. The van der Waals surface area contributed by atoms with Crippen LogP contribution in [0.5, 0.6) is 0 Å². The van der Waals surface area contributed by atoms with Crippen molar-refractivity contribution >= 4 is 34.7 Å². The third-order valence-electron chi connectivity index (χ3n) is 1.16. The highest BCUT2D eigenvalue weighted by atomic mass is 79.9. The molecule has 1 rings (SSSR count). The molecule has 0 bridgehead atoms. The zero-order chi connectivity index (χ0) is 7.40. The SMILES string of the molecule is Br.OC=Cc1ccccc1Cl. The second-order valence-electron chi connectivity index (χ2n) is 1.84. The summed E-state index contributed by atoms with van der Waals surface area (Å²) in [6.07, 6.45) is 2.52. The average molecular weight is 236 g/mol. The van der Waals surface area contributed by atoms with Crippen LogP contribution in [-0.2, 0) is 0 Å². The van der Waals surface area contributed by atoms with Crippen molar-refractivity contribution in [3.05, 3.63) is 41.1 Å². The first kappa shape index (κ1) is 10.5. The Kier molecular flexibility index (Phi) is 4.99. The van der Waals surface area contributed by atoms with E-state index < -0.39 is 0 Å². The van der Waals surface area contributed by atoms with Crippen molar-refractivity contribution in [3.8, 4) is 0 Å². The number of aliphatic hydroxyl groups excluding tert-OH is 1. The summed E-state index contributed by atoms with van der Waals surface area (Å²) in [6.45, 7) is 0. The van der Waals surface area contributed by atoms with Crippen LogP contribution >= 0.6 is 28.6 Å². The zero-order valence-electron chi connectivity index (χ0n) is 5.70. The largest absolute Gasteiger partial charge is 0.516 e. The van der Waals surface area contributed by atoms with Crippen molar-refractivity contribution in [1.29, 1.82) is 0 Å². The lowest BCUT2D eigenvalue weighted by molar-refractivity contribution is 0.478. The summed E-state index contributed by atoms with van der Waals surface area (Å²) in [5.41, 5.74) is 0.826. The quantitative estimate of drug-likeness (QED) is 0.739. The predicted octanol–water partition coefficient (Wildman–Crippen LogP) is 3.45. The Morgan fingerprint density at radius 2 is 1.91 bits per heavy atom. The van der Waals surface area contributed by atoms with Gasteiger partial charge in [0.15, 0.2) is 0 Å². The molecule has 1 N–H and O–H groups in total. The van der Waals surface area contributed by atoms with E-state index in [0.717, 1.165) is 11.8 Å². The molecule has 0 heterocycles. The first-order valence-electron chi connectivity index (χ1n) is 2.90. The third kappa shape index (κ3) is 2.95. The highest BCUT2D eigenvalue weighted by molar-refractivity contribution is 8.93. The van der Waals surface area contributed by atoms with Crippen LogP contribution in [0.3, 0.4) is 0 Å². The predicted molar refractivity (Wildman–Crippen MR) is 53.4 cm³/mol. The Balaban J connectivity index is 0.000001000. The summed E-state index contributed by atoms with van der Waals surface area (Å²) in [5.74, 6) is 0. The molecule has 0 aliphatic carbocycles. The fourth-order valence-corrected chi connectivity index (χ4v) is 0.889. The van der Waals surface area contributed by atoms with E-state index in [1.807, 2.05) is 18.2 Å². The molecule has 11 heavy (non-hydrogen) atoms. The van der Waals surface area contributed by atoms with Gasteiger partial charge in [-0.15, -0.1) is 17.0 Å². The first-order valence-corrected chi connectivity index (χ1v) is 3.27. The molecule has 0 aliphatic rings. The highest BCUT2D eigenvalue weighted by Gasteiger charge is 1.90. The molecular formula is C8H8BrClO. The lowest BCUT2D eigenvalue weighted by Crippen LogP contribution is -1.71. The molecule has 1 aromatic rings. The van der Waals surface area contributed by atoms with E-state index in [1.54, 1.807) is 12.1 Å². The smallest absolute Gasteiger partial charge is 0.0798 e. The van der Waals surface area contributed by atoms with Crippen molar-refractivity contribution in [1.82, 2.24) is 0 Å². The van der Waals surface area contributed by atoms with Gasteiger partial charge in [0, 0.05) is 5.02 Å². The maximum absolute atomic E-state index is 8.40. The van der Waals surface area contributed by atoms with Gasteiger partial charge in [-0.1, -0.05) is 29.8 Å². The number of rotatable bonds is 1. The van der Waals surface area contributed by atoms with Gasteiger partial charge in [-0.2, -0.15) is 0 Å². The van der Waals surface area contributed by atoms with Crippen molar-refractivity contribution in [3.63, 3.8) is 0 Å². The summed E-state index contributed by atoms with van der Waals surface area (Å²) in [4.78, 5) is 0. The number of hydrogen-bond acceptors (Lipinski definition) is 1. The molecule has 0 radical (unpaired) electrons. The summed E-state index contributed by atoms with van der Waals surface area (Å²) in [6, 6.07) is 7.31. The number of benzene rings is 1. The van der Waals surface area contributed by atoms with Crippen LogP contribution in [0.4, 0.5) is 0 Å². The molecule has 0 aliphatic heterocycles. The Bertz CT molecular complexity index is 248. The summed E-state index contributed by atoms with van der Waals surface area (Å²) < 4.78 is 0. The molecule has 3 heteroatoms. The van der Waals surface area contributed by atoms with Crippen LogP contribution in [-0.4, -0.2) is 5.11 Å². The topological polar surface area (TPSA) is 20.2 Å². The minimum absolute atomic E-state index is 0. The zero-order valence-corrected chi connectivity index (χ0v) is 8.17. The summed E-state index contributed by atoms with van der Waals surface area (Å²) >= 11 is 5.74. The van der Waals surface area contributed by atoms with Crippen molar-refractivity contribution in [2.45, 2.75) is 0 Å². The standard InChI is InChI=1S/C8H7ClO.BrH/c9-8-4-2-1-3-7(8)5-6-10;/h1-6,10H;1H. The van der Waals surface area contributed by atoms with Crippen LogP contribution in [0.2, 0.25) is 5.02 Å². The van der Waals surface area contributed by atoms with Crippen LogP contribution in [0.25, 0.3) is 6.08 Å². The van der Waals surface area contributed by atoms with Gasteiger partial charge in [0.05, 0.1) is 6.26 Å². The lowest BCUT2D eigenvalue weighted by Gasteiger charge is -1.93. The third-order valence-corrected chi connectivity index (χ3v) is 1.50. The lowest BCUT2D eigenvalue weighted by atomic mass is 10.2. The minimum Gasteiger partial charge on any atom is -0.516 e. The normalized spacial score (nSPS) is 9.55. The first-order chi connectivity index (χ1) is 4.84. The summed E-state index contributed by atoms with van der Waals surface area (Å²) in [7, 11) is 0. The van der Waals surface area contributed by atoms with Crippen LogP contribution in [0, 0.1) is 0 Å². The molecule has 0 fully saturated rings. The Morgan fingerprint density at radius 3 is 2.45 bits per heavy atom. The van der Waals surface area contributed by atoms with E-state index in [-0.39, 0.29) is 17.0 Å². The number of hydrogen-bond donors (Lipinski definition) is 1. The maximum atomic E-state index is 8.40. The van der Waals surface area contributed by atoms with E-state index in [2.05, 4.69) is 0 Å². The molecule has 0 saturated heterocycles. The maximum Gasteiger partial charge on any atom is 0.0798 e. The van der Waals surface area contributed by atoms with Gasteiger partial charge < -0.3 is 5.11 Å². The molecular weight excluding hydrogens is 227 g/mol. The second kappa shape index (κ2) is 5.22. The van der Waals surface area contributed by atoms with Crippen molar-refractivity contribution < 1.29 is 5.11 Å². The Hall–Kier alpha value is -0.470. The van der Waals surface area contributed by atoms with Gasteiger partial charge in [0.2, 0.25) is 0 Å². The molecule has 0 unspecified atom stereocenters. The van der Waals surface area contributed by atoms with Gasteiger partial charge in [0.1, 0.15) is 0 Å². The van der Waals surface area contributed by atoms with Crippen molar-refractivity contribution in [2.24, 2.45) is 0 Å². The van der Waals surface area contributed by atoms with E-state index in [9.17, 15) is 0 Å². The molecule has 60 valence electrons. The average Bonchev–Trinajstić information content (AvgIpc) is 1.94. The minimum atomic E-state index is 0. The molecule has 0 spiro atoms. The molecule has 0 amide bonds. The van der Waals surface area contributed by atoms with E-state index >= 15 is 0 Å². The van der Waals surface area contributed by atoms with Crippen LogP contribution < -0.4 is 0 Å². The van der Waals surface area contributed by atoms with E-state index in [0.29, 0.717) is 5.02 Å². The molecule has 0 saturated carbocycles. The fourth-order valence-electron chi connectivity index (χ4n) is 0.691. The molecule has 0 atom stereocenters. The van der Waals surface area contributed by atoms with Gasteiger partial charge in [0.25, 0.3) is 0 Å². The number of halogens is 2. The van der Waals surface area contributed by atoms with Gasteiger partial charge in [-0.25, -0.2) is 0 Å². The second-order valence-corrected chi connectivity index (χ2v) is 2.24. The molecule has 1 aromatic carbocycles. The molecule has 0 aromatic heterocycles. The van der Waals surface area contributed by atoms with Crippen LogP contribution in [0.1, 0.15) is 5.56 Å². The van der Waals surface area contributed by atoms with Gasteiger partial charge in [-0.3, -0.25) is 0 Å². The van der Waals surface area contributed by atoms with Crippen LogP contribution in [0.15, 0.2) is 30.5 Å². The summed E-state index contributed by atoms with van der Waals surface area (Å²) in [5, 5.41) is 9.05. The highest BCUT2D eigenvalue weighted by Crippen LogP contribution is 2.15. The van der Waals surface area contributed by atoms with Gasteiger partial charge in [-0.05, 0) is 17.7 Å². The fraction of sp³-hybridized carbons (Fsp3) is 0. The van der Waals surface area contributed by atoms with E-state index in [1.165, 1.54) is 0 Å². The van der Waals surface area contributed by atoms with Crippen molar-refractivity contribution in [2.75, 3.05) is 0 Å². The number of aliphatic hydroxyl groups is 1. The Labute approximate surface area is 81.1 Å². The molecule has 1 nitrogen and oxygen atoms in total. The van der Waals surface area contributed by atoms with Gasteiger partial charge >= 0.3 is 0 Å². The monoisotopic (exact) mass is 234 g/mol. The van der Waals surface area contributed by atoms with E-state index in [4.69, 9.17) is 16.7 Å².